The van der Waals surface area contributed by atoms with Gasteiger partial charge in [0.1, 0.15) is 11.4 Å². The zero-order valence-electron chi connectivity index (χ0n) is 9.82. The fraction of sp³-hybridized carbons (Fsp3) is 0.308. The van der Waals surface area contributed by atoms with E-state index in [0.717, 1.165) is 16.7 Å². The fourth-order valence-corrected chi connectivity index (χ4v) is 1.59. The molecular weight excluding hydrogens is 200 g/mol. The second kappa shape index (κ2) is 3.67. The Hall–Kier alpha value is -1.77. The maximum Gasteiger partial charge on any atom is 0.131 e. The molecule has 0 atom stereocenters. The van der Waals surface area contributed by atoms with Gasteiger partial charge in [-0.25, -0.2) is 0 Å². The minimum atomic E-state index is -0.223. The van der Waals surface area contributed by atoms with E-state index in [2.05, 4.69) is 4.98 Å². The van der Waals surface area contributed by atoms with Crippen LogP contribution in [-0.4, -0.2) is 10.6 Å². The SMILES string of the molecule is CC(C)(C)Oc1ccnc2c(N)cccc12. The first-order valence-corrected chi connectivity index (χ1v) is 5.29. The lowest BCUT2D eigenvalue weighted by Gasteiger charge is -2.22. The average Bonchev–Trinajstić information content (AvgIpc) is 2.17. The molecule has 0 unspecified atom stereocenters. The lowest BCUT2D eigenvalue weighted by atomic mass is 10.1. The Bertz CT molecular complexity index is 515. The normalized spacial score (nSPS) is 11.7. The van der Waals surface area contributed by atoms with Crippen molar-refractivity contribution in [2.75, 3.05) is 5.73 Å². The van der Waals surface area contributed by atoms with Crippen molar-refractivity contribution < 1.29 is 4.74 Å². The number of benzene rings is 1. The molecule has 1 aromatic carbocycles. The summed E-state index contributed by atoms with van der Waals surface area (Å²) in [5, 5.41) is 0.956. The van der Waals surface area contributed by atoms with Crippen molar-refractivity contribution in [2.24, 2.45) is 0 Å². The zero-order chi connectivity index (χ0) is 11.8. The van der Waals surface area contributed by atoms with Gasteiger partial charge in [-0.3, -0.25) is 4.98 Å². The third kappa shape index (κ3) is 2.08. The summed E-state index contributed by atoms with van der Waals surface area (Å²) < 4.78 is 5.87. The van der Waals surface area contributed by atoms with E-state index in [0.29, 0.717) is 5.69 Å². The van der Waals surface area contributed by atoms with Crippen molar-refractivity contribution in [3.05, 3.63) is 30.5 Å². The van der Waals surface area contributed by atoms with Gasteiger partial charge in [0.25, 0.3) is 0 Å². The number of para-hydroxylation sites is 1. The van der Waals surface area contributed by atoms with Crippen molar-refractivity contribution in [1.29, 1.82) is 0 Å². The topological polar surface area (TPSA) is 48.1 Å². The summed E-state index contributed by atoms with van der Waals surface area (Å²) in [6, 6.07) is 7.60. The Kier molecular flexibility index (Phi) is 2.46. The van der Waals surface area contributed by atoms with Gasteiger partial charge in [0.2, 0.25) is 0 Å². The van der Waals surface area contributed by atoms with Crippen LogP contribution in [0.1, 0.15) is 20.8 Å². The third-order valence-corrected chi connectivity index (χ3v) is 2.18. The van der Waals surface area contributed by atoms with Gasteiger partial charge >= 0.3 is 0 Å². The number of anilines is 1. The number of hydrogen-bond donors (Lipinski definition) is 1. The zero-order valence-corrected chi connectivity index (χ0v) is 9.82. The van der Waals surface area contributed by atoms with Gasteiger partial charge in [-0.15, -0.1) is 0 Å². The molecule has 2 N–H and O–H groups in total. The maximum absolute atomic E-state index is 5.87. The van der Waals surface area contributed by atoms with Crippen LogP contribution in [0.2, 0.25) is 0 Å². The predicted molar refractivity (Wildman–Crippen MR) is 66.5 cm³/mol. The average molecular weight is 216 g/mol. The molecule has 0 fully saturated rings. The van der Waals surface area contributed by atoms with Gasteiger partial charge in [-0.05, 0) is 39.0 Å². The van der Waals surface area contributed by atoms with E-state index in [-0.39, 0.29) is 5.60 Å². The van der Waals surface area contributed by atoms with E-state index in [1.54, 1.807) is 6.20 Å². The Morgan fingerprint density at radius 2 is 1.94 bits per heavy atom. The summed E-state index contributed by atoms with van der Waals surface area (Å²) in [6.07, 6.45) is 1.72. The highest BCUT2D eigenvalue weighted by molar-refractivity contribution is 5.93. The molecule has 0 aliphatic rings. The molecule has 3 nitrogen and oxygen atoms in total. The van der Waals surface area contributed by atoms with E-state index < -0.39 is 0 Å². The number of nitrogens with zero attached hydrogens (tertiary/aromatic N) is 1. The van der Waals surface area contributed by atoms with Crippen LogP contribution < -0.4 is 10.5 Å². The van der Waals surface area contributed by atoms with Crippen molar-refractivity contribution >= 4 is 16.6 Å². The van der Waals surface area contributed by atoms with E-state index in [9.17, 15) is 0 Å². The first-order chi connectivity index (χ1) is 7.47. The highest BCUT2D eigenvalue weighted by atomic mass is 16.5. The lowest BCUT2D eigenvalue weighted by molar-refractivity contribution is 0.133. The van der Waals surface area contributed by atoms with Gasteiger partial charge in [-0.2, -0.15) is 0 Å². The summed E-state index contributed by atoms with van der Waals surface area (Å²) in [4.78, 5) is 4.27. The molecule has 0 saturated carbocycles. The molecule has 2 rings (SSSR count). The molecular formula is C13H16N2O. The number of ether oxygens (including phenoxy) is 1. The second-order valence-electron chi connectivity index (χ2n) is 4.77. The first-order valence-electron chi connectivity index (χ1n) is 5.29. The Labute approximate surface area is 95.2 Å². The van der Waals surface area contributed by atoms with Crippen LogP contribution in [0.5, 0.6) is 5.75 Å². The fourth-order valence-electron chi connectivity index (χ4n) is 1.59. The van der Waals surface area contributed by atoms with Gasteiger partial charge in [-0.1, -0.05) is 6.07 Å². The molecule has 2 aromatic rings. The highest BCUT2D eigenvalue weighted by Gasteiger charge is 2.14. The quantitative estimate of drug-likeness (QED) is 0.745. The third-order valence-electron chi connectivity index (χ3n) is 2.18. The van der Waals surface area contributed by atoms with Crippen molar-refractivity contribution in [3.63, 3.8) is 0 Å². The van der Waals surface area contributed by atoms with Gasteiger partial charge in [0.05, 0.1) is 11.2 Å². The number of pyridine rings is 1. The van der Waals surface area contributed by atoms with Crippen LogP contribution in [0, 0.1) is 0 Å². The largest absolute Gasteiger partial charge is 0.487 e. The molecule has 3 heteroatoms. The van der Waals surface area contributed by atoms with Crippen LogP contribution in [0.4, 0.5) is 5.69 Å². The minimum Gasteiger partial charge on any atom is -0.487 e. The molecule has 0 spiro atoms. The second-order valence-corrected chi connectivity index (χ2v) is 4.77. The van der Waals surface area contributed by atoms with Crippen molar-refractivity contribution in [3.8, 4) is 5.75 Å². The van der Waals surface area contributed by atoms with Gasteiger partial charge < -0.3 is 10.5 Å². The Morgan fingerprint density at radius 1 is 1.19 bits per heavy atom. The van der Waals surface area contributed by atoms with E-state index >= 15 is 0 Å². The van der Waals surface area contributed by atoms with Crippen molar-refractivity contribution in [2.45, 2.75) is 26.4 Å². The van der Waals surface area contributed by atoms with Crippen LogP contribution in [0.3, 0.4) is 0 Å². The molecule has 84 valence electrons. The smallest absolute Gasteiger partial charge is 0.131 e. The maximum atomic E-state index is 5.87. The summed E-state index contributed by atoms with van der Waals surface area (Å²) in [5.74, 6) is 0.824. The minimum absolute atomic E-state index is 0.223. The molecule has 0 bridgehead atoms. The number of rotatable bonds is 1. The summed E-state index contributed by atoms with van der Waals surface area (Å²) in [6.45, 7) is 6.06. The molecule has 0 saturated heterocycles. The number of hydrogen-bond acceptors (Lipinski definition) is 3. The first kappa shape index (κ1) is 10.7. The standard InChI is InChI=1S/C13H16N2O/c1-13(2,3)16-11-7-8-15-12-9(11)5-4-6-10(12)14/h4-8H,14H2,1-3H3. The Morgan fingerprint density at radius 3 is 2.62 bits per heavy atom. The van der Waals surface area contributed by atoms with Crippen LogP contribution in [-0.2, 0) is 0 Å². The highest BCUT2D eigenvalue weighted by Crippen LogP contribution is 2.29. The monoisotopic (exact) mass is 216 g/mol. The molecule has 0 aliphatic carbocycles. The molecule has 16 heavy (non-hydrogen) atoms. The summed E-state index contributed by atoms with van der Waals surface area (Å²) in [7, 11) is 0. The van der Waals surface area contributed by atoms with Gasteiger partial charge in [0.15, 0.2) is 0 Å². The molecule has 0 aliphatic heterocycles. The molecule has 1 heterocycles. The van der Waals surface area contributed by atoms with Crippen LogP contribution in [0.25, 0.3) is 10.9 Å². The Balaban J connectivity index is 2.58. The summed E-state index contributed by atoms with van der Waals surface area (Å²) >= 11 is 0. The summed E-state index contributed by atoms with van der Waals surface area (Å²) in [5.41, 5.74) is 7.12. The lowest BCUT2D eigenvalue weighted by Crippen LogP contribution is -2.23. The van der Waals surface area contributed by atoms with E-state index in [1.165, 1.54) is 0 Å². The van der Waals surface area contributed by atoms with Crippen molar-refractivity contribution in [1.82, 2.24) is 4.98 Å². The van der Waals surface area contributed by atoms with Gasteiger partial charge in [0, 0.05) is 11.6 Å². The number of nitrogen functional groups attached to an aromatic ring is 1. The van der Waals surface area contributed by atoms with Crippen LogP contribution >= 0.6 is 0 Å². The van der Waals surface area contributed by atoms with E-state index in [1.807, 2.05) is 45.0 Å². The number of nitrogens with two attached hydrogens (primary N) is 1. The number of aromatic nitrogens is 1. The molecule has 0 radical (unpaired) electrons. The van der Waals surface area contributed by atoms with Crippen LogP contribution in [0.15, 0.2) is 30.5 Å². The number of fused-ring (bicyclic) bond motifs is 1. The molecule has 0 amide bonds. The molecule has 1 aromatic heterocycles. The predicted octanol–water partition coefficient (Wildman–Crippen LogP) is 2.99. The van der Waals surface area contributed by atoms with E-state index in [4.69, 9.17) is 10.5 Å².